The van der Waals surface area contributed by atoms with Crippen LogP contribution in [0.15, 0.2) is 42.5 Å². The van der Waals surface area contributed by atoms with Gasteiger partial charge in [-0.15, -0.1) is 0 Å². The number of aryl methyl sites for hydroxylation is 2. The average Bonchev–Trinajstić information content (AvgIpc) is 3.23. The number of carbonyl (C=O) groups is 3. The van der Waals surface area contributed by atoms with Crippen molar-refractivity contribution in [1.29, 1.82) is 0 Å². The van der Waals surface area contributed by atoms with E-state index in [4.69, 9.17) is 0 Å². The number of nitrogens with zero attached hydrogens (tertiary/aromatic N) is 1. The van der Waals surface area contributed by atoms with Gasteiger partial charge in [0.05, 0.1) is 0 Å². The zero-order valence-electron chi connectivity index (χ0n) is 18.0. The molecule has 0 heterocycles. The van der Waals surface area contributed by atoms with Crippen LogP contribution in [0.2, 0.25) is 0 Å². The summed E-state index contributed by atoms with van der Waals surface area (Å²) in [5.74, 6) is -0.160. The molecule has 0 atom stereocenters. The largest absolute Gasteiger partial charge is 0.352 e. The SMILES string of the molecule is CC(C)N(C)C(=O)c1ccc(CNC(=O)CCC(=O)c2ccc3c(c2)CCC3)cc1. The van der Waals surface area contributed by atoms with Crippen LogP contribution in [-0.2, 0) is 24.2 Å². The van der Waals surface area contributed by atoms with Crippen LogP contribution in [0, 0.1) is 0 Å². The van der Waals surface area contributed by atoms with Crippen molar-refractivity contribution < 1.29 is 14.4 Å². The lowest BCUT2D eigenvalue weighted by Gasteiger charge is -2.21. The molecule has 0 fully saturated rings. The van der Waals surface area contributed by atoms with Gasteiger partial charge in [-0.3, -0.25) is 14.4 Å². The number of fused-ring (bicyclic) bond motifs is 1. The van der Waals surface area contributed by atoms with Crippen molar-refractivity contribution in [2.24, 2.45) is 0 Å². The predicted molar refractivity (Wildman–Crippen MR) is 118 cm³/mol. The van der Waals surface area contributed by atoms with Gasteiger partial charge in [0, 0.05) is 43.6 Å². The second kappa shape index (κ2) is 9.70. The zero-order valence-corrected chi connectivity index (χ0v) is 18.0. The Morgan fingerprint density at radius 2 is 1.60 bits per heavy atom. The van der Waals surface area contributed by atoms with E-state index >= 15 is 0 Å². The van der Waals surface area contributed by atoms with Crippen LogP contribution in [0.3, 0.4) is 0 Å². The van der Waals surface area contributed by atoms with Crippen molar-refractivity contribution >= 4 is 17.6 Å². The fourth-order valence-electron chi connectivity index (χ4n) is 3.61. The molecule has 0 saturated carbocycles. The quantitative estimate of drug-likeness (QED) is 0.676. The minimum Gasteiger partial charge on any atom is -0.352 e. The summed E-state index contributed by atoms with van der Waals surface area (Å²) in [6, 6.07) is 13.3. The molecule has 30 heavy (non-hydrogen) atoms. The second-order valence-electron chi connectivity index (χ2n) is 8.24. The highest BCUT2D eigenvalue weighted by Crippen LogP contribution is 2.23. The first-order valence-electron chi connectivity index (χ1n) is 10.6. The van der Waals surface area contributed by atoms with E-state index in [0.29, 0.717) is 17.7 Å². The predicted octanol–water partition coefficient (Wildman–Crippen LogP) is 3.94. The number of rotatable bonds is 8. The molecule has 0 aliphatic heterocycles. The Kier molecular flexibility index (Phi) is 7.03. The summed E-state index contributed by atoms with van der Waals surface area (Å²) in [4.78, 5) is 38.6. The number of amides is 2. The number of hydrogen-bond donors (Lipinski definition) is 1. The van der Waals surface area contributed by atoms with E-state index in [1.807, 2.05) is 44.2 Å². The summed E-state index contributed by atoms with van der Waals surface area (Å²) >= 11 is 0. The molecular formula is C25H30N2O3. The number of benzene rings is 2. The number of nitrogens with one attached hydrogen (secondary N) is 1. The third-order valence-corrected chi connectivity index (χ3v) is 5.79. The molecule has 2 aromatic rings. The Bertz CT molecular complexity index is 932. The van der Waals surface area contributed by atoms with Gasteiger partial charge in [-0.2, -0.15) is 0 Å². The van der Waals surface area contributed by atoms with Crippen molar-refractivity contribution in [2.75, 3.05) is 7.05 Å². The van der Waals surface area contributed by atoms with Gasteiger partial charge in [-0.05, 0) is 68.0 Å². The fourth-order valence-corrected chi connectivity index (χ4v) is 3.61. The maximum Gasteiger partial charge on any atom is 0.253 e. The molecule has 1 aliphatic rings. The van der Waals surface area contributed by atoms with Gasteiger partial charge in [0.2, 0.25) is 5.91 Å². The Labute approximate surface area is 178 Å². The van der Waals surface area contributed by atoms with Crippen LogP contribution in [-0.4, -0.2) is 35.6 Å². The topological polar surface area (TPSA) is 66.5 Å². The van der Waals surface area contributed by atoms with Crippen LogP contribution in [0.4, 0.5) is 0 Å². The lowest BCUT2D eigenvalue weighted by Crippen LogP contribution is -2.32. The van der Waals surface area contributed by atoms with E-state index in [2.05, 4.69) is 5.32 Å². The second-order valence-corrected chi connectivity index (χ2v) is 8.24. The summed E-state index contributed by atoms with van der Waals surface area (Å²) in [5, 5.41) is 2.85. The molecule has 0 saturated heterocycles. The van der Waals surface area contributed by atoms with Crippen LogP contribution < -0.4 is 5.32 Å². The molecule has 1 N–H and O–H groups in total. The Morgan fingerprint density at radius 3 is 2.30 bits per heavy atom. The molecule has 0 bridgehead atoms. The highest BCUT2D eigenvalue weighted by Gasteiger charge is 2.16. The van der Waals surface area contributed by atoms with E-state index in [-0.39, 0.29) is 36.5 Å². The van der Waals surface area contributed by atoms with Gasteiger partial charge < -0.3 is 10.2 Å². The first-order chi connectivity index (χ1) is 14.3. The van der Waals surface area contributed by atoms with Crippen LogP contribution >= 0.6 is 0 Å². The van der Waals surface area contributed by atoms with Crippen LogP contribution in [0.25, 0.3) is 0 Å². The monoisotopic (exact) mass is 406 g/mol. The Morgan fingerprint density at radius 1 is 0.933 bits per heavy atom. The highest BCUT2D eigenvalue weighted by atomic mass is 16.2. The molecule has 0 unspecified atom stereocenters. The molecule has 2 amide bonds. The van der Waals surface area contributed by atoms with E-state index in [1.54, 1.807) is 24.1 Å². The molecule has 3 rings (SSSR count). The first-order valence-corrected chi connectivity index (χ1v) is 10.6. The highest BCUT2D eigenvalue weighted by molar-refractivity contribution is 5.98. The Hall–Kier alpha value is -2.95. The summed E-state index contributed by atoms with van der Waals surface area (Å²) in [6.07, 6.45) is 3.66. The van der Waals surface area contributed by atoms with Gasteiger partial charge in [-0.25, -0.2) is 0 Å². The summed E-state index contributed by atoms with van der Waals surface area (Å²) in [6.45, 7) is 4.31. The smallest absolute Gasteiger partial charge is 0.253 e. The average molecular weight is 407 g/mol. The minimum atomic E-state index is -0.149. The third kappa shape index (κ3) is 5.35. The summed E-state index contributed by atoms with van der Waals surface area (Å²) < 4.78 is 0. The van der Waals surface area contributed by atoms with E-state index in [9.17, 15) is 14.4 Å². The molecule has 5 nitrogen and oxygen atoms in total. The molecule has 0 aromatic heterocycles. The van der Waals surface area contributed by atoms with Crippen molar-refractivity contribution in [3.63, 3.8) is 0 Å². The van der Waals surface area contributed by atoms with Gasteiger partial charge in [-0.1, -0.05) is 24.3 Å². The molecule has 5 heteroatoms. The van der Waals surface area contributed by atoms with Crippen molar-refractivity contribution in [3.05, 3.63) is 70.3 Å². The van der Waals surface area contributed by atoms with Crippen LogP contribution in [0.1, 0.15) is 70.5 Å². The van der Waals surface area contributed by atoms with Crippen molar-refractivity contribution in [1.82, 2.24) is 10.2 Å². The first kappa shape index (κ1) is 21.8. The van der Waals surface area contributed by atoms with E-state index in [1.165, 1.54) is 11.1 Å². The Balaban J connectivity index is 1.45. The molecule has 0 radical (unpaired) electrons. The summed E-state index contributed by atoms with van der Waals surface area (Å²) in [7, 11) is 1.78. The number of ketones is 1. The molecule has 2 aromatic carbocycles. The normalized spacial score (nSPS) is 12.5. The lowest BCUT2D eigenvalue weighted by atomic mass is 10.0. The number of Topliss-reactive ketones (excluding diaryl/α,β-unsaturated/α-hetero) is 1. The summed E-state index contributed by atoms with van der Waals surface area (Å²) in [5.41, 5.74) is 4.85. The minimum absolute atomic E-state index is 0.0111. The van der Waals surface area contributed by atoms with Crippen molar-refractivity contribution in [2.45, 2.75) is 58.5 Å². The van der Waals surface area contributed by atoms with E-state index in [0.717, 1.165) is 24.8 Å². The van der Waals surface area contributed by atoms with Crippen molar-refractivity contribution in [3.8, 4) is 0 Å². The molecule has 0 spiro atoms. The van der Waals surface area contributed by atoms with Gasteiger partial charge in [0.25, 0.3) is 5.91 Å². The standard InChI is InChI=1S/C25H30N2O3/c1-17(2)27(3)25(30)20-9-7-18(8-10-20)16-26-24(29)14-13-23(28)22-12-11-19-5-4-6-21(19)15-22/h7-12,15,17H,4-6,13-14,16H2,1-3H3,(H,26,29). The fraction of sp³-hybridized carbons (Fsp3) is 0.400. The molecule has 1 aliphatic carbocycles. The number of carbonyl (C=O) groups excluding carboxylic acids is 3. The van der Waals surface area contributed by atoms with Crippen LogP contribution in [0.5, 0.6) is 0 Å². The number of hydrogen-bond acceptors (Lipinski definition) is 3. The maximum absolute atomic E-state index is 12.4. The lowest BCUT2D eigenvalue weighted by molar-refractivity contribution is -0.121. The molecule has 158 valence electrons. The zero-order chi connectivity index (χ0) is 21.7. The maximum atomic E-state index is 12.4. The third-order valence-electron chi connectivity index (χ3n) is 5.79. The van der Waals surface area contributed by atoms with Gasteiger partial charge in [0.1, 0.15) is 0 Å². The van der Waals surface area contributed by atoms with E-state index < -0.39 is 0 Å². The molecular weight excluding hydrogens is 376 g/mol. The van der Waals surface area contributed by atoms with Gasteiger partial charge in [0.15, 0.2) is 5.78 Å². The van der Waals surface area contributed by atoms with Gasteiger partial charge >= 0.3 is 0 Å².